The molecule has 3 atom stereocenters. The van der Waals surface area contributed by atoms with Crippen LogP contribution in [0.4, 0.5) is 0 Å². The lowest BCUT2D eigenvalue weighted by Crippen LogP contribution is -2.47. The summed E-state index contributed by atoms with van der Waals surface area (Å²) < 4.78 is 30.5. The van der Waals surface area contributed by atoms with Crippen molar-refractivity contribution in [3.8, 4) is 0 Å². The van der Waals surface area contributed by atoms with Gasteiger partial charge in [0.1, 0.15) is 19.3 Å². The predicted octanol–water partition coefficient (Wildman–Crippen LogP) is 16.2. The normalized spacial score (nSPS) is 14.2. The minimum atomic E-state index is -4.44. The van der Waals surface area contributed by atoms with Crippen molar-refractivity contribution in [1.29, 1.82) is 0 Å². The SMILES string of the molecule is CCCCC/C=C/C=C/CCCCCCCCC(=O)OC(/C=C/CCCCCCCCCCC)C(COP(=O)(O)OCC[N+](C)(C)C)NC(=O)CCCCC/C=C\CCCCCCCCC. The van der Waals surface area contributed by atoms with E-state index in [4.69, 9.17) is 13.8 Å². The molecular weight excluding hydrogens is 844 g/mol. The molecule has 0 spiro atoms. The average molecular weight is 950 g/mol. The van der Waals surface area contributed by atoms with Crippen LogP contribution in [0.15, 0.2) is 48.6 Å². The monoisotopic (exact) mass is 950 g/mol. The number of carbonyl (C=O) groups excluding carboxylic acids is 2. The molecule has 0 bridgehead atoms. The third kappa shape index (κ3) is 47.1. The molecule has 66 heavy (non-hydrogen) atoms. The van der Waals surface area contributed by atoms with E-state index in [2.05, 4.69) is 62.5 Å². The summed E-state index contributed by atoms with van der Waals surface area (Å²) in [4.78, 5) is 37.5. The molecule has 0 aliphatic heterocycles. The summed E-state index contributed by atoms with van der Waals surface area (Å²) >= 11 is 0. The highest BCUT2D eigenvalue weighted by Gasteiger charge is 2.30. The van der Waals surface area contributed by atoms with Gasteiger partial charge in [-0.1, -0.05) is 198 Å². The first-order chi connectivity index (χ1) is 31.9. The average Bonchev–Trinajstić information content (AvgIpc) is 3.27. The maximum absolute atomic E-state index is 13.4. The second kappa shape index (κ2) is 46.7. The van der Waals surface area contributed by atoms with Gasteiger partial charge in [-0.3, -0.25) is 18.6 Å². The summed E-state index contributed by atoms with van der Waals surface area (Å²) in [5, 5.41) is 3.03. The summed E-state index contributed by atoms with van der Waals surface area (Å²) in [7, 11) is 1.48. The van der Waals surface area contributed by atoms with Gasteiger partial charge in [-0.25, -0.2) is 4.57 Å². The van der Waals surface area contributed by atoms with Gasteiger partial charge in [-0.2, -0.15) is 0 Å². The number of likely N-dealkylation sites (N-methyl/N-ethyl adjacent to an activating group) is 1. The Hall–Kier alpha value is -2.03. The number of hydrogen-bond donors (Lipinski definition) is 2. The van der Waals surface area contributed by atoms with E-state index in [-0.39, 0.29) is 31.5 Å². The number of phosphoric acid groups is 1. The number of allylic oxidation sites excluding steroid dienone is 7. The van der Waals surface area contributed by atoms with Crippen molar-refractivity contribution in [2.75, 3.05) is 40.9 Å². The molecular formula is C56H106N2O7P+. The highest BCUT2D eigenvalue weighted by atomic mass is 31.2. The number of hydrogen-bond acceptors (Lipinski definition) is 6. The van der Waals surface area contributed by atoms with Gasteiger partial charge in [-0.05, 0) is 83.1 Å². The lowest BCUT2D eigenvalue weighted by atomic mass is 10.1. The van der Waals surface area contributed by atoms with Gasteiger partial charge >= 0.3 is 13.8 Å². The van der Waals surface area contributed by atoms with Gasteiger partial charge in [0, 0.05) is 12.8 Å². The summed E-state index contributed by atoms with van der Waals surface area (Å²) in [5.41, 5.74) is 0. The highest BCUT2D eigenvalue weighted by Crippen LogP contribution is 2.43. The smallest absolute Gasteiger partial charge is 0.456 e. The Bertz CT molecular complexity index is 1280. The van der Waals surface area contributed by atoms with E-state index in [1.165, 1.54) is 122 Å². The maximum atomic E-state index is 13.4. The zero-order valence-corrected chi connectivity index (χ0v) is 44.8. The first kappa shape index (κ1) is 64.0. The largest absolute Gasteiger partial charge is 0.472 e. The van der Waals surface area contributed by atoms with E-state index in [1.807, 2.05) is 33.3 Å². The number of nitrogens with one attached hydrogen (secondary N) is 1. The van der Waals surface area contributed by atoms with Crippen LogP contribution in [0.25, 0.3) is 0 Å². The quantitative estimate of drug-likeness (QED) is 0.0156. The summed E-state index contributed by atoms with van der Waals surface area (Å²) in [6.45, 7) is 6.95. The van der Waals surface area contributed by atoms with Crippen molar-refractivity contribution in [1.82, 2.24) is 5.32 Å². The van der Waals surface area contributed by atoms with Crippen LogP contribution in [-0.2, 0) is 27.9 Å². The van der Waals surface area contributed by atoms with E-state index < -0.39 is 20.0 Å². The lowest BCUT2D eigenvalue weighted by molar-refractivity contribution is -0.870. The fraction of sp³-hybridized carbons (Fsp3) is 0.821. The first-order valence-corrected chi connectivity index (χ1v) is 29.0. The number of carbonyl (C=O) groups is 2. The van der Waals surface area contributed by atoms with E-state index >= 15 is 0 Å². The van der Waals surface area contributed by atoms with E-state index in [0.29, 0.717) is 17.4 Å². The van der Waals surface area contributed by atoms with Crippen LogP contribution in [-0.4, -0.2) is 74.3 Å². The zero-order valence-electron chi connectivity index (χ0n) is 43.9. The van der Waals surface area contributed by atoms with E-state index in [0.717, 1.165) is 89.9 Å². The fourth-order valence-electron chi connectivity index (χ4n) is 7.69. The minimum Gasteiger partial charge on any atom is -0.456 e. The summed E-state index contributed by atoms with van der Waals surface area (Å²) in [5.74, 6) is -0.536. The van der Waals surface area contributed by atoms with Gasteiger partial charge < -0.3 is 19.4 Å². The fourth-order valence-corrected chi connectivity index (χ4v) is 8.42. The Morgan fingerprint density at radius 3 is 1.42 bits per heavy atom. The summed E-state index contributed by atoms with van der Waals surface area (Å²) in [6, 6.07) is -0.858. The van der Waals surface area contributed by atoms with Gasteiger partial charge in [-0.15, -0.1) is 0 Å². The molecule has 0 aromatic carbocycles. The molecule has 10 heteroatoms. The van der Waals surface area contributed by atoms with Crippen molar-refractivity contribution < 1.29 is 37.3 Å². The molecule has 0 aromatic rings. The molecule has 0 rings (SSSR count). The van der Waals surface area contributed by atoms with E-state index in [1.54, 1.807) is 0 Å². The number of rotatable bonds is 49. The van der Waals surface area contributed by atoms with Gasteiger partial charge in [0.2, 0.25) is 5.91 Å². The molecule has 386 valence electrons. The topological polar surface area (TPSA) is 111 Å². The van der Waals surface area contributed by atoms with Crippen molar-refractivity contribution in [2.45, 2.75) is 258 Å². The zero-order chi connectivity index (χ0) is 48.7. The number of phosphoric ester groups is 1. The second-order valence-electron chi connectivity index (χ2n) is 19.8. The Morgan fingerprint density at radius 2 is 0.924 bits per heavy atom. The van der Waals surface area contributed by atoms with Gasteiger partial charge in [0.05, 0.1) is 33.8 Å². The first-order valence-electron chi connectivity index (χ1n) is 27.5. The van der Waals surface area contributed by atoms with Crippen LogP contribution in [0.2, 0.25) is 0 Å². The Morgan fingerprint density at radius 1 is 0.530 bits per heavy atom. The van der Waals surface area contributed by atoms with Crippen LogP contribution in [0.5, 0.6) is 0 Å². The molecule has 1 amide bonds. The maximum Gasteiger partial charge on any atom is 0.472 e. The van der Waals surface area contributed by atoms with Crippen molar-refractivity contribution in [2.24, 2.45) is 0 Å². The molecule has 0 saturated heterocycles. The molecule has 0 fully saturated rings. The number of esters is 1. The van der Waals surface area contributed by atoms with Gasteiger partial charge in [0.25, 0.3) is 0 Å². The van der Waals surface area contributed by atoms with Crippen LogP contribution in [0.1, 0.15) is 245 Å². The second-order valence-corrected chi connectivity index (χ2v) is 21.2. The van der Waals surface area contributed by atoms with Crippen LogP contribution in [0.3, 0.4) is 0 Å². The number of ether oxygens (including phenoxy) is 1. The van der Waals surface area contributed by atoms with Crippen molar-refractivity contribution in [3.63, 3.8) is 0 Å². The molecule has 3 unspecified atom stereocenters. The highest BCUT2D eigenvalue weighted by molar-refractivity contribution is 7.47. The molecule has 0 heterocycles. The van der Waals surface area contributed by atoms with Crippen LogP contribution < -0.4 is 5.32 Å². The summed E-state index contributed by atoms with van der Waals surface area (Å²) in [6.07, 6.45) is 55.3. The number of quaternary nitrogens is 1. The standard InChI is InChI=1S/C56H105N2O7P/c1-7-10-13-16-19-22-25-27-29-31-34-37-40-43-46-49-56(60)65-54(47-44-41-38-35-32-24-21-18-15-12-9-3)53(52-64-66(61,62)63-51-50-58(4,5)6)57-55(59)48-45-42-39-36-33-30-28-26-23-20-17-14-11-8-2/h19,22,25,27,30,33,44,47,53-54H,7-18,20-21,23-24,26,28-29,31-32,34-43,45-46,48-52H2,1-6H3,(H-,57,59,61,62)/p+1/b22-19+,27-25+,33-30-,47-44+. The molecule has 0 aliphatic carbocycles. The van der Waals surface area contributed by atoms with Crippen molar-refractivity contribution in [3.05, 3.63) is 48.6 Å². The number of unbranched alkanes of at least 4 members (excludes halogenated alkanes) is 28. The molecule has 0 aromatic heterocycles. The van der Waals surface area contributed by atoms with Gasteiger partial charge in [0.15, 0.2) is 0 Å². The van der Waals surface area contributed by atoms with Crippen molar-refractivity contribution >= 4 is 19.7 Å². The molecule has 0 radical (unpaired) electrons. The number of amides is 1. The predicted molar refractivity (Wildman–Crippen MR) is 282 cm³/mol. The van der Waals surface area contributed by atoms with Crippen LogP contribution >= 0.6 is 7.82 Å². The molecule has 2 N–H and O–H groups in total. The Balaban J connectivity index is 5.41. The Kier molecular flexibility index (Phi) is 45.3. The van der Waals surface area contributed by atoms with Crippen LogP contribution in [0, 0.1) is 0 Å². The third-order valence-corrected chi connectivity index (χ3v) is 13.0. The van der Waals surface area contributed by atoms with E-state index in [9.17, 15) is 19.0 Å². The molecule has 0 saturated carbocycles. The molecule has 9 nitrogen and oxygen atoms in total. The third-order valence-electron chi connectivity index (χ3n) is 12.0. The Labute approximate surface area is 408 Å². The number of nitrogens with zero attached hydrogens (tertiary/aromatic N) is 1. The molecule has 0 aliphatic rings. The lowest BCUT2D eigenvalue weighted by Gasteiger charge is -2.27. The minimum absolute atomic E-state index is 0.0353.